The van der Waals surface area contributed by atoms with Crippen molar-refractivity contribution in [3.8, 4) is 0 Å². The molecule has 0 aromatic heterocycles. The van der Waals surface area contributed by atoms with Gasteiger partial charge in [-0.15, -0.1) is 0 Å². The molecule has 2 aromatic carbocycles. The van der Waals surface area contributed by atoms with Crippen LogP contribution in [0.25, 0.3) is 0 Å². The largest absolute Gasteiger partial charge is 0.452 e. The van der Waals surface area contributed by atoms with Gasteiger partial charge in [0.05, 0.1) is 27.3 Å². The second-order valence-corrected chi connectivity index (χ2v) is 7.31. The van der Waals surface area contributed by atoms with Crippen molar-refractivity contribution in [1.82, 2.24) is 5.32 Å². The highest BCUT2D eigenvalue weighted by molar-refractivity contribution is 7.84. The lowest BCUT2D eigenvalue weighted by Crippen LogP contribution is -2.32. The van der Waals surface area contributed by atoms with Crippen LogP contribution in [0.4, 0.5) is 0 Å². The highest BCUT2D eigenvalue weighted by atomic mass is 32.2. The third-order valence-corrected chi connectivity index (χ3v) is 4.95. The molecule has 0 saturated carbocycles. The summed E-state index contributed by atoms with van der Waals surface area (Å²) in [4.78, 5) is 24.8. The first-order chi connectivity index (χ1) is 12.4. The number of ether oxygens (including phenoxy) is 1. The molecule has 26 heavy (non-hydrogen) atoms. The van der Waals surface area contributed by atoms with Crippen molar-refractivity contribution in [2.24, 2.45) is 0 Å². The number of benzene rings is 2. The molecule has 0 unspecified atom stereocenters. The minimum Gasteiger partial charge on any atom is -0.452 e. The molecule has 6 heteroatoms. The Labute approximate surface area is 156 Å². The molecule has 0 spiro atoms. The Morgan fingerprint density at radius 3 is 2.38 bits per heavy atom. The minimum atomic E-state index is -1.31. The third kappa shape index (κ3) is 5.26. The summed E-state index contributed by atoms with van der Waals surface area (Å²) in [6.07, 6.45) is 2.21. The molecule has 1 amide bonds. The van der Waals surface area contributed by atoms with E-state index in [1.807, 2.05) is 38.1 Å². The number of hydrogen-bond acceptors (Lipinski definition) is 4. The van der Waals surface area contributed by atoms with E-state index in [1.54, 1.807) is 18.2 Å². The number of esters is 1. The Hall–Kier alpha value is -2.47. The van der Waals surface area contributed by atoms with Crippen LogP contribution in [0.5, 0.6) is 0 Å². The Morgan fingerprint density at radius 2 is 1.77 bits per heavy atom. The molecule has 0 bridgehead atoms. The average molecular weight is 373 g/mol. The van der Waals surface area contributed by atoms with Crippen molar-refractivity contribution >= 4 is 22.7 Å². The fraction of sp³-hybridized carbons (Fsp3) is 0.300. The predicted octanol–water partition coefficient (Wildman–Crippen LogP) is 3.16. The lowest BCUT2D eigenvalue weighted by atomic mass is 10.0. The molecule has 2 atom stereocenters. The molecule has 0 heterocycles. The van der Waals surface area contributed by atoms with Gasteiger partial charge in [-0.05, 0) is 31.0 Å². The second-order valence-electron chi connectivity index (χ2n) is 5.97. The van der Waals surface area contributed by atoms with E-state index in [4.69, 9.17) is 4.74 Å². The van der Waals surface area contributed by atoms with Gasteiger partial charge in [0.15, 0.2) is 6.61 Å². The highest BCUT2D eigenvalue weighted by Crippen LogP contribution is 2.17. The van der Waals surface area contributed by atoms with Crippen LogP contribution >= 0.6 is 0 Å². The standard InChI is InChI=1S/C20H23NO4S/c1-4-17(15-11-9-14(2)10-12-15)21-19(22)13-25-20(23)16-7-5-6-8-18(16)26(3)24/h5-12,17H,4,13H2,1-3H3,(H,21,22)/t17-,26-/m1/s1. The van der Waals surface area contributed by atoms with Crippen molar-refractivity contribution in [2.75, 3.05) is 12.9 Å². The summed E-state index contributed by atoms with van der Waals surface area (Å²) in [7, 11) is -1.31. The Morgan fingerprint density at radius 1 is 1.12 bits per heavy atom. The summed E-state index contributed by atoms with van der Waals surface area (Å²) in [5, 5.41) is 2.87. The smallest absolute Gasteiger partial charge is 0.339 e. The summed E-state index contributed by atoms with van der Waals surface area (Å²) in [5.74, 6) is -1.03. The number of carbonyl (C=O) groups excluding carboxylic acids is 2. The molecule has 1 N–H and O–H groups in total. The third-order valence-electron chi connectivity index (χ3n) is 3.97. The SMILES string of the molecule is CC[C@@H](NC(=O)COC(=O)c1ccccc1[S@@](C)=O)c1ccc(C)cc1. The first kappa shape index (κ1) is 19.8. The quantitative estimate of drug-likeness (QED) is 0.757. The number of rotatable bonds is 7. The van der Waals surface area contributed by atoms with Gasteiger partial charge in [-0.1, -0.05) is 48.9 Å². The van der Waals surface area contributed by atoms with Crippen LogP contribution in [0.2, 0.25) is 0 Å². The van der Waals surface area contributed by atoms with E-state index in [-0.39, 0.29) is 24.1 Å². The molecular weight excluding hydrogens is 350 g/mol. The van der Waals surface area contributed by atoms with Gasteiger partial charge in [-0.3, -0.25) is 9.00 Å². The van der Waals surface area contributed by atoms with Gasteiger partial charge in [-0.2, -0.15) is 0 Å². The van der Waals surface area contributed by atoms with Gasteiger partial charge in [0.2, 0.25) is 0 Å². The Bertz CT molecular complexity index is 802. The van der Waals surface area contributed by atoms with E-state index >= 15 is 0 Å². The molecule has 0 aliphatic carbocycles. The highest BCUT2D eigenvalue weighted by Gasteiger charge is 2.18. The van der Waals surface area contributed by atoms with E-state index in [9.17, 15) is 13.8 Å². The van der Waals surface area contributed by atoms with Gasteiger partial charge in [0.25, 0.3) is 5.91 Å². The monoisotopic (exact) mass is 373 g/mol. The summed E-state index contributed by atoms with van der Waals surface area (Å²) in [6, 6.07) is 14.3. The lowest BCUT2D eigenvalue weighted by molar-refractivity contribution is -0.125. The molecule has 2 rings (SSSR count). The summed E-state index contributed by atoms with van der Waals surface area (Å²) in [6.45, 7) is 3.60. The first-order valence-electron chi connectivity index (χ1n) is 8.38. The van der Waals surface area contributed by atoms with Gasteiger partial charge in [0.1, 0.15) is 0 Å². The van der Waals surface area contributed by atoms with Crippen molar-refractivity contribution in [3.05, 3.63) is 65.2 Å². The summed E-state index contributed by atoms with van der Waals surface area (Å²) < 4.78 is 16.8. The molecule has 0 radical (unpaired) electrons. The van der Waals surface area contributed by atoms with Gasteiger partial charge in [-0.25, -0.2) is 4.79 Å². The lowest BCUT2D eigenvalue weighted by Gasteiger charge is -2.18. The topological polar surface area (TPSA) is 72.5 Å². The maximum atomic E-state index is 12.2. The maximum absolute atomic E-state index is 12.2. The van der Waals surface area contributed by atoms with E-state index in [1.165, 1.54) is 12.3 Å². The van der Waals surface area contributed by atoms with E-state index in [2.05, 4.69) is 5.32 Å². The van der Waals surface area contributed by atoms with E-state index < -0.39 is 16.8 Å². The summed E-state index contributed by atoms with van der Waals surface area (Å²) >= 11 is 0. The minimum absolute atomic E-state index is 0.141. The molecule has 0 fully saturated rings. The van der Waals surface area contributed by atoms with Crippen molar-refractivity contribution < 1.29 is 18.5 Å². The molecule has 5 nitrogen and oxygen atoms in total. The van der Waals surface area contributed by atoms with Crippen LogP contribution < -0.4 is 5.32 Å². The first-order valence-corrected chi connectivity index (χ1v) is 9.93. The van der Waals surface area contributed by atoms with Crippen molar-refractivity contribution in [1.29, 1.82) is 0 Å². The number of nitrogens with one attached hydrogen (secondary N) is 1. The van der Waals surface area contributed by atoms with Gasteiger partial charge in [0, 0.05) is 6.26 Å². The average Bonchev–Trinajstić information content (AvgIpc) is 2.65. The Balaban J connectivity index is 1.96. The van der Waals surface area contributed by atoms with Crippen LogP contribution in [0.3, 0.4) is 0 Å². The fourth-order valence-electron chi connectivity index (χ4n) is 2.55. The van der Waals surface area contributed by atoms with Crippen molar-refractivity contribution in [3.63, 3.8) is 0 Å². The van der Waals surface area contributed by atoms with Gasteiger partial charge < -0.3 is 10.1 Å². The van der Waals surface area contributed by atoms with Crippen LogP contribution in [-0.4, -0.2) is 28.9 Å². The molecule has 0 saturated heterocycles. The second kappa shape index (κ2) is 9.29. The zero-order chi connectivity index (χ0) is 19.1. The molecular formula is C20H23NO4S. The normalized spacial score (nSPS) is 12.9. The van der Waals surface area contributed by atoms with Crippen molar-refractivity contribution in [2.45, 2.75) is 31.2 Å². The number of hydrogen-bond donors (Lipinski definition) is 1. The zero-order valence-electron chi connectivity index (χ0n) is 15.2. The van der Waals surface area contributed by atoms with Crippen LogP contribution in [-0.2, 0) is 20.3 Å². The molecule has 138 valence electrons. The van der Waals surface area contributed by atoms with Crippen LogP contribution in [0.15, 0.2) is 53.4 Å². The Kier molecular flexibility index (Phi) is 7.09. The summed E-state index contributed by atoms with van der Waals surface area (Å²) in [5.41, 5.74) is 2.37. The number of aryl methyl sites for hydroxylation is 1. The number of carbonyl (C=O) groups is 2. The molecule has 0 aliphatic rings. The zero-order valence-corrected chi connectivity index (χ0v) is 16.0. The predicted molar refractivity (Wildman–Crippen MR) is 101 cm³/mol. The van der Waals surface area contributed by atoms with Gasteiger partial charge >= 0.3 is 5.97 Å². The maximum Gasteiger partial charge on any atom is 0.339 e. The van der Waals surface area contributed by atoms with E-state index in [0.717, 1.165) is 17.5 Å². The number of amides is 1. The van der Waals surface area contributed by atoms with Crippen LogP contribution in [0.1, 0.15) is 40.9 Å². The van der Waals surface area contributed by atoms with Crippen LogP contribution in [0, 0.1) is 6.92 Å². The molecule has 0 aliphatic heterocycles. The molecule has 2 aromatic rings. The fourth-order valence-corrected chi connectivity index (χ4v) is 3.28. The van der Waals surface area contributed by atoms with E-state index in [0.29, 0.717) is 4.90 Å².